The molecule has 1 amide bonds. The minimum absolute atomic E-state index is 0.0876. The predicted molar refractivity (Wildman–Crippen MR) is 99.5 cm³/mol. The predicted octanol–water partition coefficient (Wildman–Crippen LogP) is 2.41. The summed E-state index contributed by atoms with van der Waals surface area (Å²) in [5, 5.41) is 18.4. The monoisotopic (exact) mass is 334 g/mol. The second kappa shape index (κ2) is 8.78. The number of carbonyl (C=O) groups excluding carboxylic acids is 1. The van der Waals surface area contributed by atoms with E-state index in [1.807, 2.05) is 6.07 Å². The van der Waals surface area contributed by atoms with Crippen LogP contribution in [-0.2, 0) is 0 Å². The van der Waals surface area contributed by atoms with Gasteiger partial charge in [-0.15, -0.1) is 0 Å². The molecule has 0 aromatic heterocycles. The van der Waals surface area contributed by atoms with Crippen molar-refractivity contribution in [1.82, 2.24) is 5.32 Å². The molecule has 1 aliphatic rings. The normalized spacial score (nSPS) is 20.5. The lowest BCUT2D eigenvalue weighted by Gasteiger charge is -2.27. The van der Waals surface area contributed by atoms with E-state index in [0.717, 1.165) is 43.0 Å². The maximum atomic E-state index is 12.7. The number of aliphatic hydroxyl groups excluding tert-OH is 1. The van der Waals surface area contributed by atoms with Crippen LogP contribution in [0.2, 0.25) is 0 Å². The first-order valence-electron chi connectivity index (χ1n) is 8.82. The van der Waals surface area contributed by atoms with Crippen LogP contribution in [-0.4, -0.2) is 37.3 Å². The summed E-state index contributed by atoms with van der Waals surface area (Å²) in [5.74, 6) is 0.662. The molecule has 6 nitrogen and oxygen atoms in total. The number of rotatable bonds is 7. The Labute approximate surface area is 144 Å². The zero-order chi connectivity index (χ0) is 17.5. The van der Waals surface area contributed by atoms with Crippen molar-refractivity contribution in [3.05, 3.63) is 17.7 Å². The molecule has 6 N–H and O–H groups in total. The van der Waals surface area contributed by atoms with Gasteiger partial charge in [-0.3, -0.25) is 4.79 Å². The van der Waals surface area contributed by atoms with Crippen LogP contribution in [0.3, 0.4) is 0 Å². The number of carbonyl (C=O) groups is 1. The number of anilines is 3. The molecule has 0 unspecified atom stereocenters. The maximum Gasteiger partial charge on any atom is 0.253 e. The van der Waals surface area contributed by atoms with Crippen molar-refractivity contribution >= 4 is 23.0 Å². The molecule has 1 aliphatic carbocycles. The fourth-order valence-corrected chi connectivity index (χ4v) is 3.14. The number of aliphatic hydroxyl groups is 1. The molecule has 0 aliphatic heterocycles. The van der Waals surface area contributed by atoms with E-state index in [0.29, 0.717) is 24.2 Å². The summed E-state index contributed by atoms with van der Waals surface area (Å²) in [6, 6.07) is 3.81. The lowest BCUT2D eigenvalue weighted by Crippen LogP contribution is -2.37. The molecular weight excluding hydrogens is 304 g/mol. The first-order chi connectivity index (χ1) is 11.5. The van der Waals surface area contributed by atoms with Crippen molar-refractivity contribution in [2.45, 2.75) is 45.1 Å². The number of amides is 1. The van der Waals surface area contributed by atoms with Gasteiger partial charge >= 0.3 is 0 Å². The van der Waals surface area contributed by atoms with Gasteiger partial charge in [0.1, 0.15) is 0 Å². The molecule has 0 heterocycles. The minimum Gasteiger partial charge on any atom is -0.397 e. The average molecular weight is 334 g/mol. The van der Waals surface area contributed by atoms with Gasteiger partial charge in [-0.1, -0.05) is 6.92 Å². The van der Waals surface area contributed by atoms with Gasteiger partial charge in [0.2, 0.25) is 0 Å². The largest absolute Gasteiger partial charge is 0.397 e. The number of nitrogens with two attached hydrogens (primary N) is 1. The Kier molecular flexibility index (Phi) is 6.73. The van der Waals surface area contributed by atoms with E-state index in [4.69, 9.17) is 10.8 Å². The first-order valence-corrected chi connectivity index (χ1v) is 8.82. The summed E-state index contributed by atoms with van der Waals surface area (Å²) in [6.45, 7) is 2.98. The van der Waals surface area contributed by atoms with Gasteiger partial charge in [-0.05, 0) is 50.2 Å². The lowest BCUT2D eigenvalue weighted by atomic mass is 9.87. The third-order valence-electron chi connectivity index (χ3n) is 4.71. The van der Waals surface area contributed by atoms with Gasteiger partial charge in [0, 0.05) is 31.9 Å². The molecule has 0 bridgehead atoms. The van der Waals surface area contributed by atoms with Crippen molar-refractivity contribution in [2.24, 2.45) is 5.92 Å². The van der Waals surface area contributed by atoms with Crippen molar-refractivity contribution in [3.8, 4) is 0 Å². The molecule has 24 heavy (non-hydrogen) atoms. The molecule has 1 aromatic rings. The van der Waals surface area contributed by atoms with Crippen molar-refractivity contribution in [2.75, 3.05) is 36.6 Å². The van der Waals surface area contributed by atoms with Crippen LogP contribution < -0.4 is 21.7 Å². The second-order valence-electron chi connectivity index (χ2n) is 6.67. The molecule has 2 rings (SSSR count). The van der Waals surface area contributed by atoms with Gasteiger partial charge in [-0.25, -0.2) is 0 Å². The lowest BCUT2D eigenvalue weighted by molar-refractivity contribution is 0.0924. The second-order valence-corrected chi connectivity index (χ2v) is 6.67. The topological polar surface area (TPSA) is 99.4 Å². The Morgan fingerprint density at radius 2 is 1.96 bits per heavy atom. The van der Waals surface area contributed by atoms with Crippen LogP contribution in [0.4, 0.5) is 17.1 Å². The molecule has 0 spiro atoms. The van der Waals surface area contributed by atoms with E-state index in [1.165, 1.54) is 0 Å². The highest BCUT2D eigenvalue weighted by Crippen LogP contribution is 2.28. The van der Waals surface area contributed by atoms with Crippen molar-refractivity contribution in [3.63, 3.8) is 0 Å². The average Bonchev–Trinajstić information content (AvgIpc) is 2.58. The fraction of sp³-hybridized carbons (Fsp3) is 0.611. The molecule has 1 fully saturated rings. The molecular formula is C18H30N4O2. The summed E-state index contributed by atoms with van der Waals surface area (Å²) >= 11 is 0. The van der Waals surface area contributed by atoms with Crippen molar-refractivity contribution in [1.29, 1.82) is 0 Å². The summed E-state index contributed by atoms with van der Waals surface area (Å²) in [5.41, 5.74) is 8.66. The van der Waals surface area contributed by atoms with Gasteiger partial charge in [-0.2, -0.15) is 0 Å². The molecule has 0 saturated heterocycles. The molecule has 1 aromatic carbocycles. The summed E-state index contributed by atoms with van der Waals surface area (Å²) in [4.78, 5) is 12.7. The van der Waals surface area contributed by atoms with E-state index in [2.05, 4.69) is 22.9 Å². The molecule has 1 saturated carbocycles. The Morgan fingerprint density at radius 1 is 1.25 bits per heavy atom. The van der Waals surface area contributed by atoms with Crippen LogP contribution in [0, 0.1) is 5.92 Å². The zero-order valence-electron chi connectivity index (χ0n) is 14.7. The Morgan fingerprint density at radius 3 is 2.58 bits per heavy atom. The molecule has 0 atom stereocenters. The highest BCUT2D eigenvalue weighted by atomic mass is 16.3. The van der Waals surface area contributed by atoms with Gasteiger partial charge in [0.05, 0.1) is 16.9 Å². The number of nitrogens with one attached hydrogen (secondary N) is 3. The highest BCUT2D eigenvalue weighted by Gasteiger charge is 2.22. The van der Waals surface area contributed by atoms with E-state index < -0.39 is 0 Å². The standard InChI is InChI=1S/C18H30N4O2/c1-12-4-6-13(7-5-12)22-18(24)14-10-15(19)17(20-2)11-16(14)21-8-3-9-23/h10-13,20-21,23H,3-9,19H2,1-2H3,(H,22,24)/t12-,13-. The third-order valence-corrected chi connectivity index (χ3v) is 4.71. The Bertz CT molecular complexity index is 554. The van der Waals surface area contributed by atoms with Gasteiger partial charge in [0.25, 0.3) is 5.91 Å². The van der Waals surface area contributed by atoms with E-state index in [9.17, 15) is 4.79 Å². The molecule has 134 valence electrons. The molecule has 0 radical (unpaired) electrons. The summed E-state index contributed by atoms with van der Waals surface area (Å²) in [7, 11) is 1.80. The number of hydrogen-bond donors (Lipinski definition) is 5. The van der Waals surface area contributed by atoms with E-state index >= 15 is 0 Å². The van der Waals surface area contributed by atoms with Crippen LogP contribution in [0.5, 0.6) is 0 Å². The Balaban J connectivity index is 2.13. The smallest absolute Gasteiger partial charge is 0.253 e. The van der Waals surface area contributed by atoms with Gasteiger partial charge in [0.15, 0.2) is 0 Å². The fourth-order valence-electron chi connectivity index (χ4n) is 3.14. The van der Waals surface area contributed by atoms with E-state index in [-0.39, 0.29) is 18.6 Å². The van der Waals surface area contributed by atoms with Crippen LogP contribution in [0.15, 0.2) is 12.1 Å². The first kappa shape index (κ1) is 18.4. The number of hydrogen-bond acceptors (Lipinski definition) is 5. The SMILES string of the molecule is CNc1cc(NCCCO)c(C(=O)N[C@H]2CC[C@H](C)CC2)cc1N. The quantitative estimate of drug-likeness (QED) is 0.389. The number of nitrogen functional groups attached to an aromatic ring is 1. The van der Waals surface area contributed by atoms with Gasteiger partial charge < -0.3 is 26.8 Å². The maximum absolute atomic E-state index is 12.7. The number of benzene rings is 1. The third kappa shape index (κ3) is 4.77. The zero-order valence-corrected chi connectivity index (χ0v) is 14.7. The van der Waals surface area contributed by atoms with Crippen LogP contribution >= 0.6 is 0 Å². The van der Waals surface area contributed by atoms with Crippen LogP contribution in [0.25, 0.3) is 0 Å². The van der Waals surface area contributed by atoms with Crippen molar-refractivity contribution < 1.29 is 9.90 Å². The highest BCUT2D eigenvalue weighted by molar-refractivity contribution is 6.02. The molecule has 6 heteroatoms. The Hall–Kier alpha value is -1.95. The minimum atomic E-state index is -0.0876. The van der Waals surface area contributed by atoms with E-state index in [1.54, 1.807) is 13.1 Å². The summed E-state index contributed by atoms with van der Waals surface area (Å²) in [6.07, 6.45) is 5.01. The summed E-state index contributed by atoms with van der Waals surface area (Å²) < 4.78 is 0. The van der Waals surface area contributed by atoms with Crippen LogP contribution in [0.1, 0.15) is 49.4 Å².